The van der Waals surface area contributed by atoms with Gasteiger partial charge in [-0.3, -0.25) is 14.9 Å². The van der Waals surface area contributed by atoms with Gasteiger partial charge in [-0.2, -0.15) is 0 Å². The number of amides is 1. The summed E-state index contributed by atoms with van der Waals surface area (Å²) < 4.78 is 5.47. The summed E-state index contributed by atoms with van der Waals surface area (Å²) in [4.78, 5) is 23.4. The first kappa shape index (κ1) is 20.4. The summed E-state index contributed by atoms with van der Waals surface area (Å²) in [5.74, 6) is 0.783. The Bertz CT molecular complexity index is 875. The molecule has 0 bridgehead atoms. The van der Waals surface area contributed by atoms with Crippen LogP contribution in [0.25, 0.3) is 0 Å². The molecule has 2 aromatic rings. The highest BCUT2D eigenvalue weighted by Gasteiger charge is 2.21. The SMILES string of the molecule is COc1cc(C)c([C@@H](C)NC(=O)c2cccc([N+](=O)[O-])c2C)cc1C(C)C. The van der Waals surface area contributed by atoms with Gasteiger partial charge in [-0.05, 0) is 61.6 Å². The number of benzene rings is 2. The molecule has 0 aliphatic heterocycles. The Hall–Kier alpha value is -2.89. The van der Waals surface area contributed by atoms with Crippen LogP contribution in [0.2, 0.25) is 0 Å². The molecule has 2 rings (SSSR count). The number of hydrogen-bond donors (Lipinski definition) is 1. The van der Waals surface area contributed by atoms with Gasteiger partial charge in [0, 0.05) is 17.2 Å². The highest BCUT2D eigenvalue weighted by Crippen LogP contribution is 2.32. The van der Waals surface area contributed by atoms with Crippen LogP contribution >= 0.6 is 0 Å². The third-order valence-electron chi connectivity index (χ3n) is 4.80. The van der Waals surface area contributed by atoms with Crippen molar-refractivity contribution in [2.75, 3.05) is 7.11 Å². The van der Waals surface area contributed by atoms with Crippen molar-refractivity contribution in [3.8, 4) is 5.75 Å². The molecule has 0 aliphatic rings. The molecule has 0 aromatic heterocycles. The molecule has 0 saturated carbocycles. The van der Waals surface area contributed by atoms with E-state index in [0.29, 0.717) is 11.1 Å². The van der Waals surface area contributed by atoms with Crippen molar-refractivity contribution in [3.63, 3.8) is 0 Å². The number of rotatable bonds is 6. The highest BCUT2D eigenvalue weighted by atomic mass is 16.6. The fraction of sp³-hybridized carbons (Fsp3) is 0.381. The Morgan fingerprint density at radius 2 is 1.81 bits per heavy atom. The number of carbonyl (C=O) groups excluding carboxylic acids is 1. The summed E-state index contributed by atoms with van der Waals surface area (Å²) in [6.07, 6.45) is 0. The molecule has 27 heavy (non-hydrogen) atoms. The van der Waals surface area contributed by atoms with Crippen LogP contribution in [0.15, 0.2) is 30.3 Å². The van der Waals surface area contributed by atoms with Crippen LogP contribution in [-0.2, 0) is 0 Å². The Morgan fingerprint density at radius 1 is 1.15 bits per heavy atom. The maximum Gasteiger partial charge on any atom is 0.273 e. The monoisotopic (exact) mass is 370 g/mol. The van der Waals surface area contributed by atoms with Crippen molar-refractivity contribution in [3.05, 3.63) is 68.3 Å². The molecule has 0 aliphatic carbocycles. The van der Waals surface area contributed by atoms with E-state index < -0.39 is 4.92 Å². The number of nitro benzene ring substituents is 1. The molecular weight excluding hydrogens is 344 g/mol. The molecule has 1 N–H and O–H groups in total. The van der Waals surface area contributed by atoms with Crippen LogP contribution in [0.5, 0.6) is 5.75 Å². The van der Waals surface area contributed by atoms with Crippen molar-refractivity contribution >= 4 is 11.6 Å². The van der Waals surface area contributed by atoms with Gasteiger partial charge < -0.3 is 10.1 Å². The van der Waals surface area contributed by atoms with E-state index in [-0.39, 0.29) is 23.6 Å². The number of nitrogens with zero attached hydrogens (tertiary/aromatic N) is 1. The molecular formula is C21H26N2O4. The topological polar surface area (TPSA) is 81.5 Å². The average Bonchev–Trinajstić information content (AvgIpc) is 2.60. The molecule has 0 heterocycles. The summed E-state index contributed by atoms with van der Waals surface area (Å²) in [6.45, 7) is 9.65. The maximum absolute atomic E-state index is 12.7. The number of aryl methyl sites for hydroxylation is 1. The summed E-state index contributed by atoms with van der Waals surface area (Å²) in [6, 6.07) is 8.32. The van der Waals surface area contributed by atoms with Crippen molar-refractivity contribution in [1.82, 2.24) is 5.32 Å². The van der Waals surface area contributed by atoms with Crippen LogP contribution in [0.1, 0.15) is 65.3 Å². The predicted octanol–water partition coefficient (Wildman–Crippen LogP) is 4.83. The number of methoxy groups -OCH3 is 1. The molecule has 6 heteroatoms. The minimum Gasteiger partial charge on any atom is -0.496 e. The van der Waals surface area contributed by atoms with Crippen molar-refractivity contribution < 1.29 is 14.5 Å². The minimum atomic E-state index is -0.474. The predicted molar refractivity (Wildman–Crippen MR) is 106 cm³/mol. The average molecular weight is 370 g/mol. The molecule has 6 nitrogen and oxygen atoms in total. The van der Waals surface area contributed by atoms with E-state index in [1.54, 1.807) is 20.1 Å². The van der Waals surface area contributed by atoms with E-state index in [1.165, 1.54) is 12.1 Å². The lowest BCUT2D eigenvalue weighted by molar-refractivity contribution is -0.385. The first-order valence-corrected chi connectivity index (χ1v) is 8.90. The van der Waals surface area contributed by atoms with Gasteiger partial charge in [0.25, 0.3) is 11.6 Å². The van der Waals surface area contributed by atoms with E-state index >= 15 is 0 Å². The molecule has 1 atom stereocenters. The second-order valence-electron chi connectivity index (χ2n) is 7.01. The summed E-state index contributed by atoms with van der Waals surface area (Å²) >= 11 is 0. The Labute approximate surface area is 159 Å². The van der Waals surface area contributed by atoms with Gasteiger partial charge >= 0.3 is 0 Å². The van der Waals surface area contributed by atoms with Crippen LogP contribution in [-0.4, -0.2) is 17.9 Å². The van der Waals surface area contributed by atoms with Crippen LogP contribution < -0.4 is 10.1 Å². The number of hydrogen-bond acceptors (Lipinski definition) is 4. The molecule has 1 amide bonds. The van der Waals surface area contributed by atoms with E-state index in [2.05, 4.69) is 25.2 Å². The fourth-order valence-corrected chi connectivity index (χ4v) is 3.23. The van der Waals surface area contributed by atoms with Gasteiger partial charge in [0.05, 0.1) is 18.1 Å². The van der Waals surface area contributed by atoms with Gasteiger partial charge in [0.15, 0.2) is 0 Å². The largest absolute Gasteiger partial charge is 0.496 e. The maximum atomic E-state index is 12.7. The van der Waals surface area contributed by atoms with Gasteiger partial charge in [-0.15, -0.1) is 0 Å². The van der Waals surface area contributed by atoms with Gasteiger partial charge in [0.1, 0.15) is 5.75 Å². The molecule has 0 spiro atoms. The molecule has 0 radical (unpaired) electrons. The summed E-state index contributed by atoms with van der Waals surface area (Å²) in [5.41, 5.74) is 3.70. The Kier molecular flexibility index (Phi) is 6.20. The first-order valence-electron chi connectivity index (χ1n) is 8.90. The summed E-state index contributed by atoms with van der Waals surface area (Å²) in [5, 5.41) is 14.1. The number of carbonyl (C=O) groups is 1. The third-order valence-corrected chi connectivity index (χ3v) is 4.80. The Morgan fingerprint density at radius 3 is 2.37 bits per heavy atom. The van der Waals surface area contributed by atoms with E-state index in [4.69, 9.17) is 4.74 Å². The van der Waals surface area contributed by atoms with Crippen LogP contribution in [0, 0.1) is 24.0 Å². The molecule has 144 valence electrons. The van der Waals surface area contributed by atoms with Crippen molar-refractivity contribution in [2.45, 2.75) is 46.6 Å². The highest BCUT2D eigenvalue weighted by molar-refractivity contribution is 5.96. The summed E-state index contributed by atoms with van der Waals surface area (Å²) in [7, 11) is 1.65. The smallest absolute Gasteiger partial charge is 0.273 e. The Balaban J connectivity index is 2.34. The van der Waals surface area contributed by atoms with Gasteiger partial charge in [-0.1, -0.05) is 19.9 Å². The number of ether oxygens (including phenoxy) is 1. The quantitative estimate of drug-likeness (QED) is 0.583. The van der Waals surface area contributed by atoms with Gasteiger partial charge in [0.2, 0.25) is 0 Å². The van der Waals surface area contributed by atoms with Crippen molar-refractivity contribution in [1.29, 1.82) is 0 Å². The lowest BCUT2D eigenvalue weighted by Gasteiger charge is -2.21. The van der Waals surface area contributed by atoms with Crippen molar-refractivity contribution in [2.24, 2.45) is 0 Å². The first-order chi connectivity index (χ1) is 12.7. The number of nitrogens with one attached hydrogen (secondary N) is 1. The second-order valence-corrected chi connectivity index (χ2v) is 7.01. The molecule has 0 saturated heterocycles. The molecule has 0 unspecified atom stereocenters. The van der Waals surface area contributed by atoms with Crippen LogP contribution in [0.3, 0.4) is 0 Å². The molecule has 2 aromatic carbocycles. The van der Waals surface area contributed by atoms with Gasteiger partial charge in [-0.25, -0.2) is 0 Å². The number of nitro groups is 1. The fourth-order valence-electron chi connectivity index (χ4n) is 3.23. The second kappa shape index (κ2) is 8.20. The standard InChI is InChI=1S/C21H26N2O4/c1-12(2)17-11-18(13(3)10-20(17)27-6)15(5)22-21(24)16-8-7-9-19(14(16)4)23(25)26/h7-12,15H,1-6H3,(H,22,24)/t15-/m1/s1. The zero-order valence-corrected chi connectivity index (χ0v) is 16.6. The lowest BCUT2D eigenvalue weighted by Crippen LogP contribution is -2.28. The minimum absolute atomic E-state index is 0.0574. The third kappa shape index (κ3) is 4.27. The normalized spacial score (nSPS) is 12.0. The van der Waals surface area contributed by atoms with E-state index in [1.807, 2.05) is 19.9 Å². The molecule has 0 fully saturated rings. The lowest BCUT2D eigenvalue weighted by atomic mass is 9.93. The van der Waals surface area contributed by atoms with E-state index in [0.717, 1.165) is 22.4 Å². The van der Waals surface area contributed by atoms with Crippen LogP contribution in [0.4, 0.5) is 5.69 Å². The zero-order chi connectivity index (χ0) is 20.3. The zero-order valence-electron chi connectivity index (χ0n) is 16.6. The van der Waals surface area contributed by atoms with E-state index in [9.17, 15) is 14.9 Å².